The molecule has 4 nitrogen and oxygen atoms in total. The first-order chi connectivity index (χ1) is 11.7. The number of nitrogens with one attached hydrogen (secondary N) is 2. The fourth-order valence-electron chi connectivity index (χ4n) is 2.50. The minimum absolute atomic E-state index is 0.408. The van der Waals surface area contributed by atoms with Gasteiger partial charge in [-0.2, -0.15) is 18.3 Å². The van der Waals surface area contributed by atoms with E-state index in [0.29, 0.717) is 17.3 Å². The van der Waals surface area contributed by atoms with Gasteiger partial charge >= 0.3 is 6.18 Å². The van der Waals surface area contributed by atoms with Crippen LogP contribution in [0.1, 0.15) is 29.4 Å². The van der Waals surface area contributed by atoms with Gasteiger partial charge in [0.1, 0.15) is 0 Å². The van der Waals surface area contributed by atoms with Gasteiger partial charge in [-0.05, 0) is 57.3 Å². The van der Waals surface area contributed by atoms with Crippen LogP contribution in [0.5, 0.6) is 0 Å². The van der Waals surface area contributed by atoms with Crippen molar-refractivity contribution in [3.05, 3.63) is 52.8 Å². The Balaban J connectivity index is 2.31. The van der Waals surface area contributed by atoms with Crippen molar-refractivity contribution in [2.75, 3.05) is 6.54 Å². The Hall–Kier alpha value is -2.35. The van der Waals surface area contributed by atoms with Crippen molar-refractivity contribution >= 4 is 23.5 Å². The zero-order valence-corrected chi connectivity index (χ0v) is 14.9. The molecule has 134 valence electrons. The molecule has 0 saturated heterocycles. The first kappa shape index (κ1) is 19.0. The minimum atomic E-state index is -4.37. The second-order valence-corrected chi connectivity index (χ2v) is 5.85. The molecule has 0 bridgehead atoms. The molecular weight excluding hydrogens is 349 g/mol. The number of hydrazone groups is 1. The Morgan fingerprint density at radius 2 is 2.00 bits per heavy atom. The lowest BCUT2D eigenvalue weighted by molar-refractivity contribution is -0.137. The smallest absolute Gasteiger partial charge is 0.362 e. The molecular formula is C17H19F3N4S. The second-order valence-electron chi connectivity index (χ2n) is 5.44. The molecule has 1 heterocycles. The maximum Gasteiger partial charge on any atom is 0.416 e. The predicted octanol–water partition coefficient (Wildman–Crippen LogP) is 3.93. The van der Waals surface area contributed by atoms with Crippen LogP contribution in [0, 0.1) is 13.8 Å². The van der Waals surface area contributed by atoms with Crippen molar-refractivity contribution in [2.45, 2.75) is 26.9 Å². The monoisotopic (exact) mass is 368 g/mol. The highest BCUT2D eigenvalue weighted by Gasteiger charge is 2.30. The maximum absolute atomic E-state index is 12.9. The molecule has 0 fully saturated rings. The largest absolute Gasteiger partial charge is 0.416 e. The van der Waals surface area contributed by atoms with Crippen LogP contribution >= 0.6 is 12.2 Å². The topological polar surface area (TPSA) is 41.4 Å². The number of rotatable bonds is 4. The summed E-state index contributed by atoms with van der Waals surface area (Å²) >= 11 is 5.01. The van der Waals surface area contributed by atoms with E-state index in [-0.39, 0.29) is 0 Å². The van der Waals surface area contributed by atoms with Gasteiger partial charge in [0.25, 0.3) is 0 Å². The zero-order chi connectivity index (χ0) is 18.6. The highest BCUT2D eigenvalue weighted by molar-refractivity contribution is 7.80. The molecule has 0 amide bonds. The van der Waals surface area contributed by atoms with Crippen LogP contribution in [0.3, 0.4) is 0 Å². The van der Waals surface area contributed by atoms with Crippen molar-refractivity contribution in [1.82, 2.24) is 15.3 Å². The lowest BCUT2D eigenvalue weighted by Crippen LogP contribution is -2.31. The third-order valence-electron chi connectivity index (χ3n) is 3.61. The molecule has 8 heteroatoms. The first-order valence-corrected chi connectivity index (χ1v) is 8.08. The van der Waals surface area contributed by atoms with Crippen molar-refractivity contribution in [3.8, 4) is 5.69 Å². The molecule has 0 spiro atoms. The maximum atomic E-state index is 12.9. The summed E-state index contributed by atoms with van der Waals surface area (Å²) in [6, 6.07) is 7.11. The summed E-state index contributed by atoms with van der Waals surface area (Å²) in [4.78, 5) is 0. The van der Waals surface area contributed by atoms with E-state index in [4.69, 9.17) is 12.2 Å². The van der Waals surface area contributed by atoms with E-state index in [1.807, 2.05) is 26.8 Å². The molecule has 0 saturated carbocycles. The normalized spacial score (nSPS) is 11.8. The molecule has 2 N–H and O–H groups in total. The average Bonchev–Trinajstić information content (AvgIpc) is 2.81. The van der Waals surface area contributed by atoms with Gasteiger partial charge in [0, 0.05) is 29.2 Å². The van der Waals surface area contributed by atoms with Crippen LogP contribution in [0.25, 0.3) is 5.69 Å². The van der Waals surface area contributed by atoms with Gasteiger partial charge in [0.15, 0.2) is 5.11 Å². The molecule has 25 heavy (non-hydrogen) atoms. The van der Waals surface area contributed by atoms with Crippen LogP contribution in [-0.4, -0.2) is 22.4 Å². The Kier molecular flexibility index (Phi) is 5.84. The minimum Gasteiger partial charge on any atom is -0.362 e. The Labute approximate surface area is 149 Å². The summed E-state index contributed by atoms with van der Waals surface area (Å²) in [7, 11) is 0. The number of hydrogen-bond donors (Lipinski definition) is 2. The van der Waals surface area contributed by atoms with Crippen LogP contribution in [0.4, 0.5) is 13.2 Å². The van der Waals surface area contributed by atoms with E-state index < -0.39 is 11.7 Å². The summed E-state index contributed by atoms with van der Waals surface area (Å²) in [5, 5.41) is 7.37. The number of thiocarbonyl (C=S) groups is 1. The number of alkyl halides is 3. The molecule has 0 aliphatic heterocycles. The summed E-state index contributed by atoms with van der Waals surface area (Å²) < 4.78 is 40.6. The number of hydrogen-bond acceptors (Lipinski definition) is 2. The van der Waals surface area contributed by atoms with Crippen molar-refractivity contribution in [2.24, 2.45) is 5.10 Å². The van der Waals surface area contributed by atoms with E-state index in [9.17, 15) is 13.2 Å². The van der Waals surface area contributed by atoms with Crippen molar-refractivity contribution < 1.29 is 13.2 Å². The van der Waals surface area contributed by atoms with E-state index in [2.05, 4.69) is 15.8 Å². The van der Waals surface area contributed by atoms with E-state index in [1.54, 1.807) is 16.8 Å². The Morgan fingerprint density at radius 1 is 1.28 bits per heavy atom. The SMILES string of the molecule is CCNC(=S)N/N=C/c1cc(C)n(-c2cccc(C(F)(F)F)c2)c1C. The van der Waals surface area contributed by atoms with E-state index in [1.165, 1.54) is 6.07 Å². The van der Waals surface area contributed by atoms with Crippen LogP contribution in [0.2, 0.25) is 0 Å². The fourth-order valence-corrected chi connectivity index (χ4v) is 2.69. The highest BCUT2D eigenvalue weighted by atomic mass is 32.1. The third-order valence-corrected chi connectivity index (χ3v) is 3.84. The molecule has 0 atom stereocenters. The second kappa shape index (κ2) is 7.69. The number of aryl methyl sites for hydroxylation is 1. The number of aromatic nitrogens is 1. The molecule has 2 rings (SSSR count). The van der Waals surface area contributed by atoms with Gasteiger partial charge in [-0.25, -0.2) is 0 Å². The summed E-state index contributed by atoms with van der Waals surface area (Å²) in [5.74, 6) is 0. The van der Waals surface area contributed by atoms with Crippen molar-refractivity contribution in [3.63, 3.8) is 0 Å². The Morgan fingerprint density at radius 3 is 2.64 bits per heavy atom. The van der Waals surface area contributed by atoms with Gasteiger partial charge in [0.2, 0.25) is 0 Å². The predicted molar refractivity (Wildman–Crippen MR) is 97.2 cm³/mol. The number of nitrogens with zero attached hydrogens (tertiary/aromatic N) is 2. The van der Waals surface area contributed by atoms with Crippen LogP contribution < -0.4 is 10.7 Å². The highest BCUT2D eigenvalue weighted by Crippen LogP contribution is 2.31. The number of benzene rings is 1. The van der Waals surface area contributed by atoms with Crippen LogP contribution in [0.15, 0.2) is 35.4 Å². The average molecular weight is 368 g/mol. The lowest BCUT2D eigenvalue weighted by Gasteiger charge is -2.13. The molecule has 0 unspecified atom stereocenters. The third kappa shape index (κ3) is 4.60. The molecule has 0 radical (unpaired) electrons. The van der Waals surface area contributed by atoms with Gasteiger partial charge in [-0.1, -0.05) is 6.07 Å². The molecule has 1 aromatic heterocycles. The summed E-state index contributed by atoms with van der Waals surface area (Å²) in [5.41, 5.74) is 4.87. The van der Waals surface area contributed by atoms with Gasteiger partial charge in [0.05, 0.1) is 11.8 Å². The van der Waals surface area contributed by atoms with Gasteiger partial charge < -0.3 is 9.88 Å². The standard InChI is InChI=1S/C17H19F3N4S/c1-4-21-16(25)23-22-10-13-8-11(2)24(12(13)3)15-7-5-6-14(9-15)17(18,19)20/h5-10H,4H2,1-3H3,(H2,21,23,25)/b22-10+. The quantitative estimate of drug-likeness (QED) is 0.488. The van der Waals surface area contributed by atoms with Crippen LogP contribution in [-0.2, 0) is 6.18 Å². The summed E-state index contributed by atoms with van der Waals surface area (Å²) in [6.45, 7) is 6.27. The number of halogens is 3. The van der Waals surface area contributed by atoms with Gasteiger partial charge in [-0.15, -0.1) is 0 Å². The fraction of sp³-hybridized carbons (Fsp3) is 0.294. The first-order valence-electron chi connectivity index (χ1n) is 7.67. The summed E-state index contributed by atoms with van der Waals surface area (Å²) in [6.07, 6.45) is -2.78. The Bertz CT molecular complexity index is 794. The lowest BCUT2D eigenvalue weighted by atomic mass is 10.2. The molecule has 0 aliphatic carbocycles. The molecule has 1 aromatic carbocycles. The van der Waals surface area contributed by atoms with E-state index in [0.717, 1.165) is 29.1 Å². The van der Waals surface area contributed by atoms with Crippen molar-refractivity contribution in [1.29, 1.82) is 0 Å². The molecule has 0 aliphatic rings. The zero-order valence-electron chi connectivity index (χ0n) is 14.1. The molecule has 2 aromatic rings. The van der Waals surface area contributed by atoms with Gasteiger partial charge in [-0.3, -0.25) is 5.43 Å². The van der Waals surface area contributed by atoms with E-state index >= 15 is 0 Å².